The molecular weight excluding hydrogens is 370 g/mol. The molecule has 0 aliphatic rings. The molecule has 1 aromatic carbocycles. The van der Waals surface area contributed by atoms with E-state index in [0.29, 0.717) is 12.2 Å². The van der Waals surface area contributed by atoms with E-state index in [2.05, 4.69) is 38.5 Å². The van der Waals surface area contributed by atoms with Gasteiger partial charge >= 0.3 is 0 Å². The zero-order valence-electron chi connectivity index (χ0n) is 13.7. The van der Waals surface area contributed by atoms with Crippen LogP contribution in [0.1, 0.15) is 46.3 Å². The molecule has 0 aliphatic heterocycles. The molecule has 2 N–H and O–H groups in total. The van der Waals surface area contributed by atoms with Crippen LogP contribution in [0.25, 0.3) is 0 Å². The molecule has 0 bridgehead atoms. The number of carbonyl (C=O) groups excluding carboxylic acids is 2. The second-order valence-electron chi connectivity index (χ2n) is 5.43. The monoisotopic (exact) mass is 389 g/mol. The number of hydrogen-bond donors (Lipinski definition) is 2. The Balaban J connectivity index is 2.09. The molecule has 0 saturated heterocycles. The van der Waals surface area contributed by atoms with E-state index in [0.717, 1.165) is 22.9 Å². The number of nitrogens with one attached hydrogen (secondary N) is 2. The molecule has 2 amide bonds. The van der Waals surface area contributed by atoms with Gasteiger partial charge in [-0.05, 0) is 49.2 Å². The van der Waals surface area contributed by atoms with Crippen molar-refractivity contribution in [1.82, 2.24) is 10.3 Å². The summed E-state index contributed by atoms with van der Waals surface area (Å²) in [5.41, 5.74) is 2.10. The van der Waals surface area contributed by atoms with Crippen LogP contribution in [0.15, 0.2) is 40.9 Å². The third-order valence-corrected chi connectivity index (χ3v) is 3.96. The summed E-state index contributed by atoms with van der Waals surface area (Å²) in [6.07, 6.45) is 1.91. The summed E-state index contributed by atoms with van der Waals surface area (Å²) in [6.45, 7) is 4.57. The van der Waals surface area contributed by atoms with Crippen LogP contribution in [-0.4, -0.2) is 23.3 Å². The lowest BCUT2D eigenvalue weighted by Crippen LogP contribution is -2.26. The van der Waals surface area contributed by atoms with Gasteiger partial charge in [0, 0.05) is 16.7 Å². The summed E-state index contributed by atoms with van der Waals surface area (Å²) in [5.74, 6) is -0.610. The van der Waals surface area contributed by atoms with E-state index in [1.165, 1.54) is 0 Å². The lowest BCUT2D eigenvalue weighted by atomic mass is 10.2. The number of halogens is 1. The Morgan fingerprint density at radius 2 is 1.83 bits per heavy atom. The van der Waals surface area contributed by atoms with Crippen LogP contribution >= 0.6 is 15.9 Å². The molecule has 2 rings (SSSR count). The molecule has 1 heterocycles. The molecule has 126 valence electrons. The average Bonchev–Trinajstić information content (AvgIpc) is 2.57. The van der Waals surface area contributed by atoms with Gasteiger partial charge in [0.05, 0.1) is 0 Å². The van der Waals surface area contributed by atoms with E-state index in [-0.39, 0.29) is 23.2 Å². The van der Waals surface area contributed by atoms with E-state index in [9.17, 15) is 9.59 Å². The maximum atomic E-state index is 12.4. The van der Waals surface area contributed by atoms with Crippen LogP contribution < -0.4 is 10.6 Å². The zero-order chi connectivity index (χ0) is 17.5. The van der Waals surface area contributed by atoms with Gasteiger partial charge in [0.1, 0.15) is 11.4 Å². The summed E-state index contributed by atoms with van der Waals surface area (Å²) in [6, 6.07) is 10.4. The van der Waals surface area contributed by atoms with Crippen LogP contribution in [0, 0.1) is 6.92 Å². The molecule has 0 spiro atoms. The number of benzene rings is 1. The smallest absolute Gasteiger partial charge is 0.274 e. The molecule has 2 aromatic rings. The normalized spacial score (nSPS) is 10.3. The highest BCUT2D eigenvalue weighted by Gasteiger charge is 2.13. The van der Waals surface area contributed by atoms with Crippen molar-refractivity contribution in [2.24, 2.45) is 0 Å². The fourth-order valence-electron chi connectivity index (χ4n) is 2.11. The maximum Gasteiger partial charge on any atom is 0.274 e. The first kappa shape index (κ1) is 18.1. The predicted molar refractivity (Wildman–Crippen MR) is 98.3 cm³/mol. The Bertz CT molecular complexity index is 747. The van der Waals surface area contributed by atoms with Gasteiger partial charge < -0.3 is 10.6 Å². The summed E-state index contributed by atoms with van der Waals surface area (Å²) < 4.78 is 0.946. The van der Waals surface area contributed by atoms with Gasteiger partial charge in [-0.3, -0.25) is 9.59 Å². The molecule has 6 heteroatoms. The van der Waals surface area contributed by atoms with Gasteiger partial charge in [0.25, 0.3) is 11.8 Å². The summed E-state index contributed by atoms with van der Waals surface area (Å²) in [7, 11) is 0. The molecule has 0 saturated carbocycles. The van der Waals surface area contributed by atoms with E-state index in [1.54, 1.807) is 18.2 Å². The van der Waals surface area contributed by atoms with Gasteiger partial charge in [0.2, 0.25) is 0 Å². The van der Waals surface area contributed by atoms with Crippen LogP contribution in [0.2, 0.25) is 0 Å². The Morgan fingerprint density at radius 3 is 2.50 bits per heavy atom. The molecule has 0 radical (unpaired) electrons. The van der Waals surface area contributed by atoms with Gasteiger partial charge in [-0.2, -0.15) is 0 Å². The van der Waals surface area contributed by atoms with E-state index in [1.807, 2.05) is 25.1 Å². The highest BCUT2D eigenvalue weighted by Crippen LogP contribution is 2.20. The number of carbonyl (C=O) groups is 2. The molecule has 0 atom stereocenters. The summed E-state index contributed by atoms with van der Waals surface area (Å²) in [4.78, 5) is 28.6. The molecule has 24 heavy (non-hydrogen) atoms. The van der Waals surface area contributed by atoms with Crippen LogP contribution in [0.5, 0.6) is 0 Å². The van der Waals surface area contributed by atoms with E-state index in [4.69, 9.17) is 0 Å². The number of amides is 2. The number of aromatic nitrogens is 1. The van der Waals surface area contributed by atoms with Crippen molar-refractivity contribution < 1.29 is 9.59 Å². The Morgan fingerprint density at radius 1 is 1.12 bits per heavy atom. The van der Waals surface area contributed by atoms with Crippen molar-refractivity contribution in [2.45, 2.75) is 26.7 Å². The second kappa shape index (κ2) is 8.59. The van der Waals surface area contributed by atoms with Crippen molar-refractivity contribution in [3.05, 3.63) is 57.8 Å². The number of aryl methyl sites for hydroxylation is 1. The second-order valence-corrected chi connectivity index (χ2v) is 6.35. The largest absolute Gasteiger partial charge is 0.351 e. The van der Waals surface area contributed by atoms with Crippen LogP contribution in [-0.2, 0) is 0 Å². The minimum Gasteiger partial charge on any atom is -0.351 e. The third-order valence-electron chi connectivity index (χ3n) is 3.47. The molecule has 0 aliphatic carbocycles. The highest BCUT2D eigenvalue weighted by atomic mass is 79.9. The predicted octanol–water partition coefficient (Wildman–Crippen LogP) is 3.93. The number of pyridine rings is 1. The van der Waals surface area contributed by atoms with Crippen molar-refractivity contribution in [3.63, 3.8) is 0 Å². The Kier molecular flexibility index (Phi) is 6.49. The number of rotatable bonds is 6. The Hall–Kier alpha value is -2.21. The van der Waals surface area contributed by atoms with Crippen molar-refractivity contribution >= 4 is 33.4 Å². The highest BCUT2D eigenvalue weighted by molar-refractivity contribution is 9.10. The third kappa shape index (κ3) is 4.89. The molecule has 1 aromatic heterocycles. The molecular formula is C18H20BrN3O2. The van der Waals surface area contributed by atoms with Crippen molar-refractivity contribution in [3.8, 4) is 0 Å². The van der Waals surface area contributed by atoms with Crippen LogP contribution in [0.4, 0.5) is 5.69 Å². The van der Waals surface area contributed by atoms with Gasteiger partial charge in [-0.1, -0.05) is 35.3 Å². The number of nitrogens with zero attached hydrogens (tertiary/aromatic N) is 1. The summed E-state index contributed by atoms with van der Waals surface area (Å²) >= 11 is 3.39. The van der Waals surface area contributed by atoms with Gasteiger partial charge in [-0.25, -0.2) is 4.98 Å². The average molecular weight is 390 g/mol. The van der Waals surface area contributed by atoms with Gasteiger partial charge in [0.15, 0.2) is 0 Å². The first-order chi connectivity index (χ1) is 11.5. The lowest BCUT2D eigenvalue weighted by Gasteiger charge is -2.09. The van der Waals surface area contributed by atoms with Crippen molar-refractivity contribution in [2.75, 3.05) is 11.9 Å². The van der Waals surface area contributed by atoms with E-state index < -0.39 is 0 Å². The standard InChI is InChI=1S/C18H20BrN3O2/c1-3-4-10-20-17(23)15-6-5-7-16(21-15)18(24)22-14-9-8-13(19)11-12(14)2/h5-9,11H,3-4,10H2,1-2H3,(H,20,23)(H,22,24). The van der Waals surface area contributed by atoms with Crippen molar-refractivity contribution in [1.29, 1.82) is 0 Å². The fraction of sp³-hybridized carbons (Fsp3) is 0.278. The first-order valence-corrected chi connectivity index (χ1v) is 8.63. The molecule has 5 nitrogen and oxygen atoms in total. The molecule has 0 fully saturated rings. The topological polar surface area (TPSA) is 71.1 Å². The molecule has 0 unspecified atom stereocenters. The minimum absolute atomic E-state index is 0.209. The minimum atomic E-state index is -0.344. The quantitative estimate of drug-likeness (QED) is 0.735. The first-order valence-electron chi connectivity index (χ1n) is 7.84. The van der Waals surface area contributed by atoms with Crippen LogP contribution in [0.3, 0.4) is 0 Å². The maximum absolute atomic E-state index is 12.4. The zero-order valence-corrected chi connectivity index (χ0v) is 15.3. The lowest BCUT2D eigenvalue weighted by molar-refractivity contribution is 0.0948. The SMILES string of the molecule is CCCCNC(=O)c1cccc(C(=O)Nc2ccc(Br)cc2C)n1. The summed E-state index contributed by atoms with van der Waals surface area (Å²) in [5, 5.41) is 5.61. The van der Waals surface area contributed by atoms with E-state index >= 15 is 0 Å². The number of hydrogen-bond acceptors (Lipinski definition) is 3. The number of unbranched alkanes of at least 4 members (excludes halogenated alkanes) is 1. The fourth-order valence-corrected chi connectivity index (χ4v) is 2.59. The number of anilines is 1. The van der Waals surface area contributed by atoms with Gasteiger partial charge in [-0.15, -0.1) is 0 Å². The Labute approximate surface area is 150 Å².